The minimum absolute atomic E-state index is 0.694. The molecule has 1 aliphatic heterocycles. The van der Waals surface area contributed by atoms with E-state index in [-0.39, 0.29) is 0 Å². The summed E-state index contributed by atoms with van der Waals surface area (Å²) in [6.07, 6.45) is 6.28. The normalized spacial score (nSPS) is 24.7. The van der Waals surface area contributed by atoms with Gasteiger partial charge in [0.2, 0.25) is 0 Å². The summed E-state index contributed by atoms with van der Waals surface area (Å²) in [6, 6.07) is 9.33. The molecule has 0 spiro atoms. The first-order valence-corrected chi connectivity index (χ1v) is 9.26. The molecule has 3 N–H and O–H groups in total. The minimum atomic E-state index is 0.694. The molecule has 1 heterocycles. The molecule has 2 atom stereocenters. The summed E-state index contributed by atoms with van der Waals surface area (Å²) < 4.78 is 0. The predicted octanol–water partition coefficient (Wildman–Crippen LogP) is 3.26. The number of piperidine rings is 1. The summed E-state index contributed by atoms with van der Waals surface area (Å²) in [5.41, 5.74) is 4.90. The van der Waals surface area contributed by atoms with Gasteiger partial charge in [-0.1, -0.05) is 42.5 Å². The Balaban J connectivity index is 1.48. The molecule has 130 valence electrons. The van der Waals surface area contributed by atoms with Crippen molar-refractivity contribution in [1.82, 2.24) is 16.0 Å². The Bertz CT molecular complexity index is 582. The van der Waals surface area contributed by atoms with Gasteiger partial charge in [0.15, 0.2) is 0 Å². The van der Waals surface area contributed by atoms with Gasteiger partial charge in [-0.3, -0.25) is 0 Å². The second-order valence-corrected chi connectivity index (χ2v) is 7.29. The smallest absolute Gasteiger partial charge is 0.0338 e. The first-order valence-electron chi connectivity index (χ1n) is 9.26. The summed E-state index contributed by atoms with van der Waals surface area (Å²) in [5, 5.41) is 10.3. The van der Waals surface area contributed by atoms with Crippen LogP contribution in [0.2, 0.25) is 0 Å². The molecular formula is C21H31N3. The molecule has 2 aliphatic rings. The van der Waals surface area contributed by atoms with Crippen molar-refractivity contribution in [2.45, 2.75) is 32.2 Å². The fourth-order valence-corrected chi connectivity index (χ4v) is 3.62. The van der Waals surface area contributed by atoms with Gasteiger partial charge in [-0.05, 0) is 68.8 Å². The van der Waals surface area contributed by atoms with Crippen molar-refractivity contribution in [3.63, 3.8) is 0 Å². The fourth-order valence-electron chi connectivity index (χ4n) is 3.62. The van der Waals surface area contributed by atoms with E-state index in [2.05, 4.69) is 59.8 Å². The highest BCUT2D eigenvalue weighted by atomic mass is 15.0. The van der Waals surface area contributed by atoms with Gasteiger partial charge in [0.25, 0.3) is 0 Å². The Labute approximate surface area is 146 Å². The predicted molar refractivity (Wildman–Crippen MR) is 104 cm³/mol. The molecular weight excluding hydrogens is 294 g/mol. The first kappa shape index (κ1) is 17.2. The van der Waals surface area contributed by atoms with Crippen LogP contribution in [-0.2, 0) is 0 Å². The highest BCUT2D eigenvalue weighted by Crippen LogP contribution is 2.38. The van der Waals surface area contributed by atoms with Crippen molar-refractivity contribution in [3.05, 3.63) is 47.5 Å². The molecule has 0 radical (unpaired) electrons. The van der Waals surface area contributed by atoms with E-state index >= 15 is 0 Å². The average Bonchev–Trinajstić information content (AvgIpc) is 3.41. The van der Waals surface area contributed by atoms with Crippen LogP contribution < -0.4 is 16.0 Å². The van der Waals surface area contributed by atoms with Gasteiger partial charge < -0.3 is 16.0 Å². The van der Waals surface area contributed by atoms with Crippen molar-refractivity contribution >= 4 is 11.8 Å². The van der Waals surface area contributed by atoms with Crippen molar-refractivity contribution in [3.8, 4) is 0 Å². The zero-order chi connectivity index (χ0) is 16.9. The van der Waals surface area contributed by atoms with Gasteiger partial charge in [-0.2, -0.15) is 0 Å². The molecule has 1 aromatic carbocycles. The second kappa shape index (κ2) is 8.00. The van der Waals surface area contributed by atoms with E-state index in [0.717, 1.165) is 23.1 Å². The lowest BCUT2D eigenvalue weighted by atomic mass is 9.98. The zero-order valence-electron chi connectivity index (χ0n) is 15.1. The summed E-state index contributed by atoms with van der Waals surface area (Å²) in [4.78, 5) is 0. The third-order valence-corrected chi connectivity index (χ3v) is 5.46. The van der Waals surface area contributed by atoms with Crippen LogP contribution in [0.5, 0.6) is 0 Å². The molecule has 3 rings (SSSR count). The van der Waals surface area contributed by atoms with Gasteiger partial charge in [-0.25, -0.2) is 0 Å². The summed E-state index contributed by atoms with van der Waals surface area (Å²) >= 11 is 0. The van der Waals surface area contributed by atoms with Crippen LogP contribution >= 0.6 is 0 Å². The van der Waals surface area contributed by atoms with E-state index in [4.69, 9.17) is 0 Å². The largest absolute Gasteiger partial charge is 0.388 e. The molecule has 0 amide bonds. The monoisotopic (exact) mass is 325 g/mol. The van der Waals surface area contributed by atoms with E-state index in [1.807, 2.05) is 7.05 Å². The zero-order valence-corrected chi connectivity index (χ0v) is 15.1. The number of rotatable bonds is 7. The van der Waals surface area contributed by atoms with Crippen LogP contribution in [0.3, 0.4) is 0 Å². The minimum Gasteiger partial charge on any atom is -0.388 e. The molecule has 1 saturated carbocycles. The SMILES string of the molecule is C=C(NC)c1ccc(/C=C(\C)C2CC2NCC2CCNCC2)cc1. The number of nitrogens with one attached hydrogen (secondary N) is 3. The first-order chi connectivity index (χ1) is 11.7. The lowest BCUT2D eigenvalue weighted by Crippen LogP contribution is -2.34. The second-order valence-electron chi connectivity index (χ2n) is 7.29. The molecule has 24 heavy (non-hydrogen) atoms. The van der Waals surface area contributed by atoms with Crippen LogP contribution in [0.15, 0.2) is 36.4 Å². The topological polar surface area (TPSA) is 36.1 Å². The van der Waals surface area contributed by atoms with Crippen LogP contribution in [0, 0.1) is 11.8 Å². The Morgan fingerprint density at radius 3 is 2.62 bits per heavy atom. The highest BCUT2D eigenvalue weighted by Gasteiger charge is 2.37. The molecule has 2 unspecified atom stereocenters. The quantitative estimate of drug-likeness (QED) is 0.720. The Kier molecular flexibility index (Phi) is 5.75. The van der Waals surface area contributed by atoms with E-state index in [1.54, 1.807) is 0 Å². The maximum atomic E-state index is 4.00. The lowest BCUT2D eigenvalue weighted by Gasteiger charge is -2.22. The lowest BCUT2D eigenvalue weighted by molar-refractivity contribution is 0.354. The van der Waals surface area contributed by atoms with Gasteiger partial charge in [-0.15, -0.1) is 0 Å². The summed E-state index contributed by atoms with van der Waals surface area (Å²) in [6.45, 7) is 9.85. The van der Waals surface area contributed by atoms with Crippen LogP contribution in [0.1, 0.15) is 37.3 Å². The highest BCUT2D eigenvalue weighted by molar-refractivity contribution is 5.64. The van der Waals surface area contributed by atoms with E-state index in [1.165, 1.54) is 50.0 Å². The molecule has 1 aromatic rings. The van der Waals surface area contributed by atoms with Gasteiger partial charge in [0.1, 0.15) is 0 Å². The maximum absolute atomic E-state index is 4.00. The third-order valence-electron chi connectivity index (χ3n) is 5.46. The van der Waals surface area contributed by atoms with Crippen LogP contribution in [0.25, 0.3) is 11.8 Å². The van der Waals surface area contributed by atoms with Crippen molar-refractivity contribution < 1.29 is 0 Å². The average molecular weight is 326 g/mol. The van der Waals surface area contributed by atoms with Gasteiger partial charge in [0, 0.05) is 18.8 Å². The molecule has 2 fully saturated rings. The molecule has 0 aromatic heterocycles. The Morgan fingerprint density at radius 1 is 1.25 bits per heavy atom. The van der Waals surface area contributed by atoms with E-state index < -0.39 is 0 Å². The van der Waals surface area contributed by atoms with Crippen LogP contribution in [0.4, 0.5) is 0 Å². The maximum Gasteiger partial charge on any atom is 0.0338 e. The number of hydrogen-bond acceptors (Lipinski definition) is 3. The van der Waals surface area contributed by atoms with Gasteiger partial charge >= 0.3 is 0 Å². The van der Waals surface area contributed by atoms with Crippen LogP contribution in [-0.4, -0.2) is 32.7 Å². The standard InChI is InChI=1S/C21H31N3/c1-15(12-17-4-6-19(7-5-17)16(2)22-3)20-13-21(20)24-14-18-8-10-23-11-9-18/h4-7,12,18,20-24H,2,8-11,13-14H2,1,3H3/b15-12+. The molecule has 1 aliphatic carbocycles. The number of hydrogen-bond donors (Lipinski definition) is 3. The molecule has 3 heteroatoms. The number of benzene rings is 1. The fraction of sp³-hybridized carbons (Fsp3) is 0.524. The summed E-state index contributed by atoms with van der Waals surface area (Å²) in [5.74, 6) is 1.59. The molecule has 0 bridgehead atoms. The molecule has 1 saturated heterocycles. The third kappa shape index (κ3) is 4.49. The Morgan fingerprint density at radius 2 is 1.96 bits per heavy atom. The Hall–Kier alpha value is -1.58. The van der Waals surface area contributed by atoms with E-state index in [9.17, 15) is 0 Å². The van der Waals surface area contributed by atoms with Crippen molar-refractivity contribution in [2.24, 2.45) is 11.8 Å². The van der Waals surface area contributed by atoms with E-state index in [0.29, 0.717) is 6.04 Å². The van der Waals surface area contributed by atoms with Crippen molar-refractivity contribution in [1.29, 1.82) is 0 Å². The van der Waals surface area contributed by atoms with Gasteiger partial charge in [0.05, 0.1) is 0 Å². The van der Waals surface area contributed by atoms with Crippen molar-refractivity contribution in [2.75, 3.05) is 26.7 Å². The molecule has 3 nitrogen and oxygen atoms in total. The summed E-state index contributed by atoms with van der Waals surface area (Å²) in [7, 11) is 1.91.